The number of aliphatic hydroxyl groups excluding tert-OH is 2. The number of aliphatic hydroxyl groups is 2. The van der Waals surface area contributed by atoms with E-state index in [2.05, 4.69) is 0 Å². The fourth-order valence-corrected chi connectivity index (χ4v) is 1.47. The molecule has 0 aromatic heterocycles. The molecule has 1 aromatic carbocycles. The Balaban J connectivity index is 2.90. The van der Waals surface area contributed by atoms with E-state index >= 15 is 0 Å². The van der Waals surface area contributed by atoms with Gasteiger partial charge in [0.25, 0.3) is 0 Å². The largest absolute Gasteiger partial charge is 0.481 e. The van der Waals surface area contributed by atoms with Crippen molar-refractivity contribution in [1.29, 1.82) is 0 Å². The molecule has 0 aliphatic rings. The molecule has 2 atom stereocenters. The van der Waals surface area contributed by atoms with Crippen LogP contribution in [0.5, 0.6) is 0 Å². The summed E-state index contributed by atoms with van der Waals surface area (Å²) in [6.07, 6.45) is -3.70. The molecule has 16 heavy (non-hydrogen) atoms. The van der Waals surface area contributed by atoms with Crippen LogP contribution in [0.3, 0.4) is 0 Å². The highest BCUT2D eigenvalue weighted by Gasteiger charge is 2.23. The first-order valence-corrected chi connectivity index (χ1v) is 4.82. The van der Waals surface area contributed by atoms with Gasteiger partial charge in [0.1, 0.15) is 11.9 Å². The lowest BCUT2D eigenvalue weighted by molar-refractivity contribution is -0.141. The van der Waals surface area contributed by atoms with Gasteiger partial charge < -0.3 is 15.3 Å². The summed E-state index contributed by atoms with van der Waals surface area (Å²) in [5.74, 6) is -1.89. The maximum Gasteiger partial charge on any atom is 0.306 e. The molecule has 0 aliphatic carbocycles. The maximum atomic E-state index is 12.9. The van der Waals surface area contributed by atoms with Crippen molar-refractivity contribution in [3.8, 4) is 0 Å². The van der Waals surface area contributed by atoms with Crippen molar-refractivity contribution < 1.29 is 24.5 Å². The van der Waals surface area contributed by atoms with Crippen LogP contribution in [0.15, 0.2) is 18.2 Å². The Bertz CT molecular complexity index is 396. The van der Waals surface area contributed by atoms with Crippen LogP contribution in [0.1, 0.15) is 18.1 Å². The molecule has 0 radical (unpaired) electrons. The number of rotatable bonds is 4. The van der Waals surface area contributed by atoms with Gasteiger partial charge >= 0.3 is 5.97 Å². The van der Waals surface area contributed by atoms with Gasteiger partial charge in [0.15, 0.2) is 0 Å². The van der Waals surface area contributed by atoms with Gasteiger partial charge in [-0.3, -0.25) is 4.79 Å². The third-order valence-electron chi connectivity index (χ3n) is 2.02. The monoisotopic (exact) mass is 248 g/mol. The van der Waals surface area contributed by atoms with Crippen LogP contribution < -0.4 is 0 Å². The minimum absolute atomic E-state index is 0.0320. The Hall–Kier alpha value is -1.17. The van der Waals surface area contributed by atoms with E-state index in [1.807, 2.05) is 0 Å². The quantitative estimate of drug-likeness (QED) is 0.752. The second kappa shape index (κ2) is 5.25. The summed E-state index contributed by atoms with van der Waals surface area (Å²) >= 11 is 5.69. The van der Waals surface area contributed by atoms with Crippen LogP contribution in [0, 0.1) is 5.82 Å². The third-order valence-corrected chi connectivity index (χ3v) is 2.37. The summed E-state index contributed by atoms with van der Waals surface area (Å²) in [4.78, 5) is 10.3. The van der Waals surface area contributed by atoms with E-state index in [1.54, 1.807) is 0 Å². The lowest BCUT2D eigenvalue weighted by atomic mass is 10.0. The van der Waals surface area contributed by atoms with Gasteiger partial charge in [-0.25, -0.2) is 4.39 Å². The first kappa shape index (κ1) is 12.9. The summed E-state index contributed by atoms with van der Waals surface area (Å²) in [5, 5.41) is 27.4. The molecule has 0 amide bonds. The number of hydrogen-bond donors (Lipinski definition) is 3. The van der Waals surface area contributed by atoms with E-state index in [-0.39, 0.29) is 10.6 Å². The minimum atomic E-state index is -1.53. The molecule has 0 spiro atoms. The van der Waals surface area contributed by atoms with Gasteiger partial charge in [-0.15, -0.1) is 0 Å². The molecule has 0 bridgehead atoms. The minimum Gasteiger partial charge on any atom is -0.481 e. The normalized spacial score (nSPS) is 14.5. The zero-order valence-corrected chi connectivity index (χ0v) is 8.86. The van der Waals surface area contributed by atoms with Crippen molar-refractivity contribution in [2.45, 2.75) is 18.6 Å². The molecule has 4 nitrogen and oxygen atoms in total. The number of carboxylic acids is 1. The molecule has 0 saturated carbocycles. The second-order valence-corrected chi connectivity index (χ2v) is 3.68. The Labute approximate surface area is 95.9 Å². The molecule has 0 aliphatic heterocycles. The first-order chi connectivity index (χ1) is 7.41. The fourth-order valence-electron chi connectivity index (χ4n) is 1.24. The molecule has 2 unspecified atom stereocenters. The Morgan fingerprint density at radius 3 is 2.62 bits per heavy atom. The highest BCUT2D eigenvalue weighted by Crippen LogP contribution is 2.27. The van der Waals surface area contributed by atoms with Crippen molar-refractivity contribution in [1.82, 2.24) is 0 Å². The highest BCUT2D eigenvalue weighted by atomic mass is 35.5. The Kier molecular flexibility index (Phi) is 4.23. The number of aliphatic carboxylic acids is 1. The van der Waals surface area contributed by atoms with Gasteiger partial charge in [-0.05, 0) is 18.2 Å². The van der Waals surface area contributed by atoms with Gasteiger partial charge in [-0.2, -0.15) is 0 Å². The molecular formula is C10H10ClFO4. The first-order valence-electron chi connectivity index (χ1n) is 4.44. The zero-order valence-electron chi connectivity index (χ0n) is 8.10. The van der Waals surface area contributed by atoms with Gasteiger partial charge in [0, 0.05) is 10.6 Å². The molecule has 0 heterocycles. The third kappa shape index (κ3) is 3.16. The Morgan fingerprint density at radius 1 is 1.44 bits per heavy atom. The van der Waals surface area contributed by atoms with Crippen LogP contribution in [0.2, 0.25) is 5.02 Å². The van der Waals surface area contributed by atoms with Crippen LogP contribution >= 0.6 is 11.6 Å². The van der Waals surface area contributed by atoms with Crippen LogP contribution in [0.25, 0.3) is 0 Å². The maximum absolute atomic E-state index is 12.9. The topological polar surface area (TPSA) is 77.8 Å². The molecule has 3 N–H and O–H groups in total. The van der Waals surface area contributed by atoms with Crippen LogP contribution in [-0.4, -0.2) is 27.4 Å². The summed E-state index contributed by atoms with van der Waals surface area (Å²) in [6.45, 7) is 0. The van der Waals surface area contributed by atoms with Crippen molar-refractivity contribution in [2.75, 3.05) is 0 Å². The average molecular weight is 249 g/mol. The lowest BCUT2D eigenvalue weighted by Gasteiger charge is -2.17. The molecule has 88 valence electrons. The number of benzene rings is 1. The zero-order chi connectivity index (χ0) is 12.3. The van der Waals surface area contributed by atoms with Crippen molar-refractivity contribution in [3.05, 3.63) is 34.6 Å². The summed E-state index contributed by atoms with van der Waals surface area (Å²) < 4.78 is 12.9. The molecule has 0 fully saturated rings. The predicted octanol–water partition coefficient (Wildman–Crippen LogP) is 1.35. The standard InChI is InChI=1S/C10H10ClFO4/c11-7-2-1-5(12)3-6(7)10(16)8(13)4-9(14)15/h1-3,8,10,13,16H,4H2,(H,14,15). The number of carbonyl (C=O) groups is 1. The number of halogens is 2. The average Bonchev–Trinajstić information content (AvgIpc) is 2.19. The summed E-state index contributed by atoms with van der Waals surface area (Å²) in [5.41, 5.74) is -0.0320. The summed E-state index contributed by atoms with van der Waals surface area (Å²) in [6, 6.07) is 3.28. The van der Waals surface area contributed by atoms with Crippen molar-refractivity contribution >= 4 is 17.6 Å². The predicted molar refractivity (Wildman–Crippen MR) is 54.6 cm³/mol. The van der Waals surface area contributed by atoms with Crippen LogP contribution in [-0.2, 0) is 4.79 Å². The molecule has 0 saturated heterocycles. The smallest absolute Gasteiger partial charge is 0.306 e. The second-order valence-electron chi connectivity index (χ2n) is 3.28. The highest BCUT2D eigenvalue weighted by molar-refractivity contribution is 6.31. The lowest BCUT2D eigenvalue weighted by Crippen LogP contribution is -2.22. The molecule has 1 aromatic rings. The van der Waals surface area contributed by atoms with Crippen molar-refractivity contribution in [2.24, 2.45) is 0 Å². The fraction of sp³-hybridized carbons (Fsp3) is 0.300. The Morgan fingerprint density at radius 2 is 2.06 bits per heavy atom. The molecule has 6 heteroatoms. The van der Waals surface area contributed by atoms with E-state index < -0.39 is 30.4 Å². The molecule has 1 rings (SSSR count). The van der Waals surface area contributed by atoms with Crippen LogP contribution in [0.4, 0.5) is 4.39 Å². The number of hydrogen-bond acceptors (Lipinski definition) is 3. The van der Waals surface area contributed by atoms with Gasteiger partial charge in [0.2, 0.25) is 0 Å². The van der Waals surface area contributed by atoms with Crippen molar-refractivity contribution in [3.63, 3.8) is 0 Å². The summed E-state index contributed by atoms with van der Waals surface area (Å²) in [7, 11) is 0. The van der Waals surface area contributed by atoms with Gasteiger partial charge in [0.05, 0.1) is 12.5 Å². The van der Waals surface area contributed by atoms with E-state index in [0.717, 1.165) is 12.1 Å². The SMILES string of the molecule is O=C(O)CC(O)C(O)c1cc(F)ccc1Cl. The van der Waals surface area contributed by atoms with E-state index in [0.29, 0.717) is 0 Å². The number of carboxylic acid groups (broad SMARTS) is 1. The van der Waals surface area contributed by atoms with E-state index in [9.17, 15) is 19.4 Å². The van der Waals surface area contributed by atoms with E-state index in [1.165, 1.54) is 6.07 Å². The molecular weight excluding hydrogens is 239 g/mol. The van der Waals surface area contributed by atoms with E-state index in [4.69, 9.17) is 16.7 Å². The van der Waals surface area contributed by atoms with Gasteiger partial charge in [-0.1, -0.05) is 11.6 Å².